The van der Waals surface area contributed by atoms with E-state index < -0.39 is 5.97 Å². The third kappa shape index (κ3) is 3.23. The molecule has 0 fully saturated rings. The van der Waals surface area contributed by atoms with E-state index >= 15 is 0 Å². The van der Waals surface area contributed by atoms with Crippen molar-refractivity contribution in [3.63, 3.8) is 0 Å². The third-order valence-electron chi connectivity index (χ3n) is 2.70. The molecule has 0 saturated carbocycles. The molecule has 19 heavy (non-hydrogen) atoms. The Hall–Kier alpha value is -2.07. The highest BCUT2D eigenvalue weighted by Crippen LogP contribution is 2.22. The molecule has 0 spiro atoms. The van der Waals surface area contributed by atoms with Gasteiger partial charge in [-0.25, -0.2) is 9.78 Å². The summed E-state index contributed by atoms with van der Waals surface area (Å²) in [6.07, 6.45) is 0. The molecule has 2 rings (SSSR count). The van der Waals surface area contributed by atoms with Crippen LogP contribution in [0.1, 0.15) is 21.5 Å². The van der Waals surface area contributed by atoms with E-state index in [4.69, 9.17) is 16.7 Å². The van der Waals surface area contributed by atoms with Crippen molar-refractivity contribution in [2.75, 3.05) is 5.32 Å². The van der Waals surface area contributed by atoms with Crippen molar-refractivity contribution in [1.82, 2.24) is 4.98 Å². The fourth-order valence-electron chi connectivity index (χ4n) is 1.69. The lowest BCUT2D eigenvalue weighted by molar-refractivity contribution is 0.0697. The molecule has 0 aliphatic carbocycles. The van der Waals surface area contributed by atoms with E-state index in [0.29, 0.717) is 5.82 Å². The van der Waals surface area contributed by atoms with E-state index in [1.54, 1.807) is 0 Å². The van der Waals surface area contributed by atoms with Crippen LogP contribution >= 0.6 is 11.6 Å². The zero-order valence-corrected chi connectivity index (χ0v) is 11.3. The average molecular weight is 277 g/mol. The highest BCUT2D eigenvalue weighted by atomic mass is 35.5. The number of aromatic carboxylic acids is 1. The molecule has 5 heteroatoms. The summed E-state index contributed by atoms with van der Waals surface area (Å²) in [5, 5.41) is 12.2. The van der Waals surface area contributed by atoms with E-state index in [1.807, 2.05) is 32.0 Å². The summed E-state index contributed by atoms with van der Waals surface area (Å²) in [5.41, 5.74) is 3.14. The average Bonchev–Trinajstić information content (AvgIpc) is 2.33. The molecule has 0 aliphatic rings. The molecule has 0 unspecified atom stereocenters. The van der Waals surface area contributed by atoms with E-state index in [0.717, 1.165) is 16.8 Å². The maximum absolute atomic E-state index is 11.0. The van der Waals surface area contributed by atoms with Crippen molar-refractivity contribution in [3.05, 3.63) is 52.2 Å². The normalized spacial score (nSPS) is 10.3. The van der Waals surface area contributed by atoms with Gasteiger partial charge in [-0.05, 0) is 43.2 Å². The summed E-state index contributed by atoms with van der Waals surface area (Å²) >= 11 is 5.82. The van der Waals surface area contributed by atoms with Gasteiger partial charge in [0.1, 0.15) is 11.0 Å². The first-order valence-electron chi connectivity index (χ1n) is 5.71. The molecular formula is C14H13ClN2O2. The molecule has 0 aliphatic heterocycles. The Bertz CT molecular complexity index is 641. The molecule has 98 valence electrons. The van der Waals surface area contributed by atoms with Crippen LogP contribution in [-0.4, -0.2) is 16.1 Å². The van der Waals surface area contributed by atoms with Gasteiger partial charge in [-0.15, -0.1) is 0 Å². The highest BCUT2D eigenvalue weighted by Gasteiger charge is 2.08. The van der Waals surface area contributed by atoms with Crippen LogP contribution in [0.3, 0.4) is 0 Å². The largest absolute Gasteiger partial charge is 0.478 e. The molecule has 0 radical (unpaired) electrons. The summed E-state index contributed by atoms with van der Waals surface area (Å²) in [6.45, 7) is 3.95. The zero-order valence-electron chi connectivity index (χ0n) is 10.6. The quantitative estimate of drug-likeness (QED) is 0.837. The Kier molecular flexibility index (Phi) is 3.71. The summed E-state index contributed by atoms with van der Waals surface area (Å²) in [4.78, 5) is 15.0. The molecular weight excluding hydrogens is 264 g/mol. The summed E-state index contributed by atoms with van der Waals surface area (Å²) < 4.78 is 0. The van der Waals surface area contributed by atoms with Crippen LogP contribution in [0.4, 0.5) is 11.5 Å². The molecule has 2 N–H and O–H groups in total. The second kappa shape index (κ2) is 5.28. The van der Waals surface area contributed by atoms with Crippen molar-refractivity contribution >= 4 is 29.1 Å². The van der Waals surface area contributed by atoms with Crippen LogP contribution < -0.4 is 5.32 Å². The lowest BCUT2D eigenvalue weighted by Crippen LogP contribution is -2.01. The molecule has 1 aromatic carbocycles. The van der Waals surface area contributed by atoms with Crippen LogP contribution in [0.25, 0.3) is 0 Å². The van der Waals surface area contributed by atoms with Crippen molar-refractivity contribution < 1.29 is 9.90 Å². The Balaban J connectivity index is 2.38. The Morgan fingerprint density at radius 1 is 1.26 bits per heavy atom. The molecule has 0 saturated heterocycles. The van der Waals surface area contributed by atoms with Gasteiger partial charge in [-0.3, -0.25) is 0 Å². The number of aryl methyl sites for hydroxylation is 2. The zero-order chi connectivity index (χ0) is 14.0. The van der Waals surface area contributed by atoms with Gasteiger partial charge in [0.25, 0.3) is 0 Å². The number of nitrogens with one attached hydrogen (secondary N) is 1. The van der Waals surface area contributed by atoms with Gasteiger partial charge >= 0.3 is 5.97 Å². The first kappa shape index (κ1) is 13.4. The highest BCUT2D eigenvalue weighted by molar-refractivity contribution is 6.29. The van der Waals surface area contributed by atoms with Crippen LogP contribution in [0, 0.1) is 13.8 Å². The van der Waals surface area contributed by atoms with Gasteiger partial charge in [0.15, 0.2) is 0 Å². The van der Waals surface area contributed by atoms with Gasteiger partial charge in [-0.2, -0.15) is 0 Å². The Morgan fingerprint density at radius 3 is 2.68 bits per heavy atom. The number of halogens is 1. The maximum Gasteiger partial charge on any atom is 0.335 e. The summed E-state index contributed by atoms with van der Waals surface area (Å²) in [5.74, 6) is -0.619. The lowest BCUT2D eigenvalue weighted by atomic mass is 10.1. The fourth-order valence-corrected chi connectivity index (χ4v) is 1.90. The minimum atomic E-state index is -1.03. The molecule has 0 atom stereocenters. The molecule has 4 nitrogen and oxygen atoms in total. The SMILES string of the molecule is Cc1ccc(C)c(Nc2cc(C(=O)O)cc(Cl)n2)c1. The van der Waals surface area contributed by atoms with E-state index in [2.05, 4.69) is 10.3 Å². The first-order valence-corrected chi connectivity index (χ1v) is 6.08. The topological polar surface area (TPSA) is 62.2 Å². The van der Waals surface area contributed by atoms with Crippen molar-refractivity contribution in [3.8, 4) is 0 Å². The van der Waals surface area contributed by atoms with E-state index in [1.165, 1.54) is 12.1 Å². The third-order valence-corrected chi connectivity index (χ3v) is 2.89. The van der Waals surface area contributed by atoms with Gasteiger partial charge < -0.3 is 10.4 Å². The minimum absolute atomic E-state index is 0.104. The van der Waals surface area contributed by atoms with Crippen LogP contribution in [0.5, 0.6) is 0 Å². The van der Waals surface area contributed by atoms with Crippen molar-refractivity contribution in [2.45, 2.75) is 13.8 Å². The Labute approximate surface area is 116 Å². The van der Waals surface area contributed by atoms with Crippen LogP contribution in [0.2, 0.25) is 5.15 Å². The molecule has 0 amide bonds. The van der Waals surface area contributed by atoms with Crippen LogP contribution in [-0.2, 0) is 0 Å². The maximum atomic E-state index is 11.0. The molecule has 0 bridgehead atoms. The van der Waals surface area contributed by atoms with Gasteiger partial charge in [0.2, 0.25) is 0 Å². The second-order valence-electron chi connectivity index (χ2n) is 4.31. The predicted molar refractivity (Wildman–Crippen MR) is 75.4 cm³/mol. The van der Waals surface area contributed by atoms with Gasteiger partial charge in [0.05, 0.1) is 5.56 Å². The summed E-state index contributed by atoms with van der Waals surface area (Å²) in [6, 6.07) is 8.74. The number of benzene rings is 1. The number of carboxylic acid groups (broad SMARTS) is 1. The standard InChI is InChI=1S/C14H13ClN2O2/c1-8-3-4-9(2)11(5-8)16-13-7-10(14(18)19)6-12(15)17-13/h3-7H,1-2H3,(H,16,17)(H,18,19). The van der Waals surface area contributed by atoms with E-state index in [9.17, 15) is 4.79 Å². The number of aromatic nitrogens is 1. The van der Waals surface area contributed by atoms with E-state index in [-0.39, 0.29) is 10.7 Å². The number of hydrogen-bond acceptors (Lipinski definition) is 3. The molecule has 1 heterocycles. The number of pyridine rings is 1. The fraction of sp³-hybridized carbons (Fsp3) is 0.143. The molecule has 2 aromatic rings. The predicted octanol–water partition coefficient (Wildman–Crippen LogP) is 3.79. The van der Waals surface area contributed by atoms with Gasteiger partial charge in [0, 0.05) is 5.69 Å². The Morgan fingerprint density at radius 2 is 2.00 bits per heavy atom. The minimum Gasteiger partial charge on any atom is -0.478 e. The van der Waals surface area contributed by atoms with Gasteiger partial charge in [-0.1, -0.05) is 23.7 Å². The second-order valence-corrected chi connectivity index (χ2v) is 4.70. The smallest absolute Gasteiger partial charge is 0.335 e. The lowest BCUT2D eigenvalue weighted by Gasteiger charge is -2.10. The number of rotatable bonds is 3. The van der Waals surface area contributed by atoms with Crippen LogP contribution in [0.15, 0.2) is 30.3 Å². The number of carbonyl (C=O) groups is 1. The number of hydrogen-bond donors (Lipinski definition) is 2. The monoisotopic (exact) mass is 276 g/mol. The van der Waals surface area contributed by atoms with Crippen molar-refractivity contribution in [2.24, 2.45) is 0 Å². The molecule has 1 aromatic heterocycles. The number of anilines is 2. The summed E-state index contributed by atoms with van der Waals surface area (Å²) in [7, 11) is 0. The number of carboxylic acids is 1. The first-order chi connectivity index (χ1) is 8.95. The number of nitrogens with zero attached hydrogens (tertiary/aromatic N) is 1. The van der Waals surface area contributed by atoms with Crippen molar-refractivity contribution in [1.29, 1.82) is 0 Å².